The normalized spacial score (nSPS) is 14.9. The quantitative estimate of drug-likeness (QED) is 0.848. The van der Waals surface area contributed by atoms with Crippen molar-refractivity contribution in [3.05, 3.63) is 51.9 Å². The number of nitrogens with one attached hydrogen (secondary N) is 1. The van der Waals surface area contributed by atoms with E-state index in [1.165, 1.54) is 12.1 Å². The predicted molar refractivity (Wildman–Crippen MR) is 95.6 cm³/mol. The molecule has 0 atom stereocenters. The third-order valence-corrected chi connectivity index (χ3v) is 4.41. The van der Waals surface area contributed by atoms with Crippen LogP contribution in [-0.2, 0) is 6.54 Å². The minimum Gasteiger partial charge on any atom is -0.493 e. The lowest BCUT2D eigenvalue weighted by molar-refractivity contribution is 0.0621. The van der Waals surface area contributed by atoms with E-state index in [2.05, 4.69) is 15.1 Å². The van der Waals surface area contributed by atoms with Crippen LogP contribution >= 0.6 is 0 Å². The van der Waals surface area contributed by atoms with Crippen LogP contribution in [0, 0.1) is 0 Å². The number of rotatable bonds is 5. The van der Waals surface area contributed by atoms with Crippen LogP contribution in [-0.4, -0.2) is 66.3 Å². The van der Waals surface area contributed by atoms with Crippen molar-refractivity contribution in [2.24, 2.45) is 0 Å². The molecule has 1 aliphatic heterocycles. The molecular formula is C18H22N4O4. The summed E-state index contributed by atoms with van der Waals surface area (Å²) in [5.41, 5.74) is 1.07. The van der Waals surface area contributed by atoms with E-state index in [1.54, 1.807) is 19.1 Å². The van der Waals surface area contributed by atoms with Gasteiger partial charge in [-0.3, -0.25) is 14.5 Å². The Balaban J connectivity index is 1.57. The van der Waals surface area contributed by atoms with Gasteiger partial charge < -0.3 is 14.4 Å². The lowest BCUT2D eigenvalue weighted by atomic mass is 10.1. The van der Waals surface area contributed by atoms with E-state index >= 15 is 0 Å². The summed E-state index contributed by atoms with van der Waals surface area (Å²) >= 11 is 0. The molecule has 1 saturated heterocycles. The summed E-state index contributed by atoms with van der Waals surface area (Å²) in [6.07, 6.45) is 0. The molecule has 1 N–H and O–H groups in total. The average Bonchev–Trinajstić information content (AvgIpc) is 2.68. The van der Waals surface area contributed by atoms with Crippen LogP contribution in [0.15, 0.2) is 35.1 Å². The molecule has 3 rings (SSSR count). The van der Waals surface area contributed by atoms with E-state index < -0.39 is 0 Å². The maximum atomic E-state index is 12.4. The number of amides is 1. The monoisotopic (exact) mass is 358 g/mol. The van der Waals surface area contributed by atoms with E-state index in [4.69, 9.17) is 9.47 Å². The smallest absolute Gasteiger partial charge is 0.274 e. The lowest BCUT2D eigenvalue weighted by Gasteiger charge is -2.34. The standard InChI is InChI=1S/C18H22N4O4/c1-25-15-5-3-13(11-16(15)26-2)12-21-7-9-22(10-8-21)18(24)14-4-6-17(23)20-19-14/h3-6,11H,7-10,12H2,1-2H3,(H,20,23). The lowest BCUT2D eigenvalue weighted by Crippen LogP contribution is -2.48. The van der Waals surface area contributed by atoms with Gasteiger partial charge in [-0.25, -0.2) is 5.10 Å². The molecule has 0 aliphatic carbocycles. The fourth-order valence-corrected chi connectivity index (χ4v) is 2.97. The molecule has 1 fully saturated rings. The van der Waals surface area contributed by atoms with Crippen LogP contribution < -0.4 is 15.0 Å². The maximum absolute atomic E-state index is 12.4. The Morgan fingerprint density at radius 2 is 1.81 bits per heavy atom. The number of H-pyrrole nitrogens is 1. The van der Waals surface area contributed by atoms with Gasteiger partial charge in [-0.05, 0) is 23.8 Å². The van der Waals surface area contributed by atoms with E-state index in [9.17, 15) is 9.59 Å². The Labute approximate surface area is 151 Å². The van der Waals surface area contributed by atoms with Crippen LogP contribution in [0.5, 0.6) is 11.5 Å². The van der Waals surface area contributed by atoms with Gasteiger partial charge >= 0.3 is 0 Å². The SMILES string of the molecule is COc1ccc(CN2CCN(C(=O)c3ccc(=O)[nH]n3)CC2)cc1OC. The van der Waals surface area contributed by atoms with Gasteiger partial charge in [-0.2, -0.15) is 5.10 Å². The summed E-state index contributed by atoms with van der Waals surface area (Å²) in [6.45, 7) is 3.55. The van der Waals surface area contributed by atoms with Crippen molar-refractivity contribution in [3.8, 4) is 11.5 Å². The highest BCUT2D eigenvalue weighted by molar-refractivity contribution is 5.92. The number of piperazine rings is 1. The minimum absolute atomic E-state index is 0.160. The molecule has 1 amide bonds. The highest BCUT2D eigenvalue weighted by atomic mass is 16.5. The number of methoxy groups -OCH3 is 2. The second-order valence-corrected chi connectivity index (χ2v) is 6.06. The average molecular weight is 358 g/mol. The van der Waals surface area contributed by atoms with Crippen molar-refractivity contribution in [3.63, 3.8) is 0 Å². The predicted octanol–water partition coefficient (Wildman–Crippen LogP) is 0.745. The number of ether oxygens (including phenoxy) is 2. The van der Waals surface area contributed by atoms with Crippen LogP contribution in [0.25, 0.3) is 0 Å². The Morgan fingerprint density at radius 1 is 1.08 bits per heavy atom. The van der Waals surface area contributed by atoms with Crippen molar-refractivity contribution in [1.82, 2.24) is 20.0 Å². The van der Waals surface area contributed by atoms with E-state index in [-0.39, 0.29) is 17.2 Å². The van der Waals surface area contributed by atoms with Crippen LogP contribution in [0.3, 0.4) is 0 Å². The molecule has 1 aromatic heterocycles. The number of aromatic amines is 1. The van der Waals surface area contributed by atoms with Gasteiger partial charge in [-0.15, -0.1) is 0 Å². The molecule has 2 heterocycles. The largest absolute Gasteiger partial charge is 0.493 e. The summed E-state index contributed by atoms with van der Waals surface area (Å²) in [7, 11) is 3.24. The van der Waals surface area contributed by atoms with Crippen molar-refractivity contribution in [1.29, 1.82) is 0 Å². The summed E-state index contributed by atoms with van der Waals surface area (Å²) in [4.78, 5) is 27.5. The Morgan fingerprint density at radius 3 is 2.42 bits per heavy atom. The molecule has 138 valence electrons. The number of carbonyl (C=O) groups is 1. The summed E-state index contributed by atoms with van der Waals surface area (Å²) in [5.74, 6) is 1.26. The van der Waals surface area contributed by atoms with Crippen LogP contribution in [0.1, 0.15) is 16.1 Å². The Hall–Kier alpha value is -2.87. The zero-order valence-electron chi connectivity index (χ0n) is 14.9. The Kier molecular flexibility index (Phi) is 5.52. The van der Waals surface area contributed by atoms with Gasteiger partial charge in [0.2, 0.25) is 0 Å². The van der Waals surface area contributed by atoms with Gasteiger partial charge in [0.05, 0.1) is 14.2 Å². The molecule has 0 radical (unpaired) electrons. The third kappa shape index (κ3) is 4.02. The Bertz CT molecular complexity index is 808. The van der Waals surface area contributed by atoms with Crippen molar-refractivity contribution in [2.75, 3.05) is 40.4 Å². The van der Waals surface area contributed by atoms with Gasteiger partial charge in [0.1, 0.15) is 5.69 Å². The molecule has 0 spiro atoms. The van der Waals surface area contributed by atoms with Crippen molar-refractivity contribution < 1.29 is 14.3 Å². The highest BCUT2D eigenvalue weighted by Crippen LogP contribution is 2.28. The van der Waals surface area contributed by atoms with E-state index in [0.717, 1.165) is 25.2 Å². The second kappa shape index (κ2) is 8.01. The summed E-state index contributed by atoms with van der Waals surface area (Å²) in [5, 5.41) is 6.10. The van der Waals surface area contributed by atoms with Gasteiger partial charge in [0.15, 0.2) is 11.5 Å². The molecule has 0 bridgehead atoms. The first-order valence-electron chi connectivity index (χ1n) is 8.39. The number of benzene rings is 1. The van der Waals surface area contributed by atoms with E-state index in [1.807, 2.05) is 18.2 Å². The summed E-state index contributed by atoms with van der Waals surface area (Å²) in [6, 6.07) is 8.66. The fraction of sp³-hybridized carbons (Fsp3) is 0.389. The van der Waals surface area contributed by atoms with Gasteiger partial charge in [-0.1, -0.05) is 6.07 Å². The topological polar surface area (TPSA) is 87.8 Å². The van der Waals surface area contributed by atoms with Crippen LogP contribution in [0.2, 0.25) is 0 Å². The highest BCUT2D eigenvalue weighted by Gasteiger charge is 2.23. The zero-order chi connectivity index (χ0) is 18.5. The molecule has 26 heavy (non-hydrogen) atoms. The molecule has 8 heteroatoms. The second-order valence-electron chi connectivity index (χ2n) is 6.06. The number of hydrogen-bond donors (Lipinski definition) is 1. The molecular weight excluding hydrogens is 336 g/mol. The molecule has 2 aromatic rings. The number of aromatic nitrogens is 2. The fourth-order valence-electron chi connectivity index (χ4n) is 2.97. The van der Waals surface area contributed by atoms with Gasteiger partial charge in [0.25, 0.3) is 11.5 Å². The number of nitrogens with zero attached hydrogens (tertiary/aromatic N) is 3. The molecule has 0 saturated carbocycles. The van der Waals surface area contributed by atoms with Crippen molar-refractivity contribution >= 4 is 5.91 Å². The van der Waals surface area contributed by atoms with Crippen LogP contribution in [0.4, 0.5) is 0 Å². The maximum Gasteiger partial charge on any atom is 0.274 e. The molecule has 0 unspecified atom stereocenters. The minimum atomic E-state index is -0.318. The molecule has 1 aliphatic rings. The first-order valence-corrected chi connectivity index (χ1v) is 8.39. The zero-order valence-corrected chi connectivity index (χ0v) is 14.9. The molecule has 1 aromatic carbocycles. The number of carbonyl (C=O) groups excluding carboxylic acids is 1. The number of hydrogen-bond acceptors (Lipinski definition) is 6. The van der Waals surface area contributed by atoms with Crippen molar-refractivity contribution in [2.45, 2.75) is 6.54 Å². The first-order chi connectivity index (χ1) is 12.6. The van der Waals surface area contributed by atoms with Gasteiger partial charge in [0, 0.05) is 38.8 Å². The van der Waals surface area contributed by atoms with E-state index in [0.29, 0.717) is 24.6 Å². The first kappa shape index (κ1) is 17.9. The molecule has 8 nitrogen and oxygen atoms in total. The summed E-state index contributed by atoms with van der Waals surface area (Å²) < 4.78 is 10.6. The third-order valence-electron chi connectivity index (χ3n) is 4.41.